The Labute approximate surface area is 118 Å². The summed E-state index contributed by atoms with van der Waals surface area (Å²) in [7, 11) is 0. The van der Waals surface area contributed by atoms with Crippen molar-refractivity contribution in [1.82, 2.24) is 5.32 Å². The van der Waals surface area contributed by atoms with Crippen LogP contribution in [0.25, 0.3) is 0 Å². The van der Waals surface area contributed by atoms with Gasteiger partial charge in [-0.2, -0.15) is 0 Å². The van der Waals surface area contributed by atoms with Crippen molar-refractivity contribution in [3.05, 3.63) is 33.8 Å². The van der Waals surface area contributed by atoms with Crippen LogP contribution in [0.4, 0.5) is 0 Å². The van der Waals surface area contributed by atoms with E-state index in [4.69, 9.17) is 4.74 Å². The molecule has 0 aliphatic carbocycles. The van der Waals surface area contributed by atoms with Crippen LogP contribution in [-0.2, 0) is 11.2 Å². The highest BCUT2D eigenvalue weighted by atomic mass is 79.9. The van der Waals surface area contributed by atoms with E-state index in [1.54, 1.807) is 0 Å². The highest BCUT2D eigenvalue weighted by molar-refractivity contribution is 9.10. The van der Waals surface area contributed by atoms with E-state index in [0.717, 1.165) is 26.1 Å². The summed E-state index contributed by atoms with van der Waals surface area (Å²) in [6.45, 7) is 6.11. The average molecular weight is 312 g/mol. The van der Waals surface area contributed by atoms with Gasteiger partial charge in [-0.3, -0.25) is 0 Å². The first-order chi connectivity index (χ1) is 8.72. The zero-order valence-corrected chi connectivity index (χ0v) is 12.8. The molecule has 0 fully saturated rings. The summed E-state index contributed by atoms with van der Waals surface area (Å²) >= 11 is 3.66. The van der Waals surface area contributed by atoms with E-state index in [1.165, 1.54) is 22.0 Å². The number of hydrogen-bond donors (Lipinski definition) is 1. The molecular formula is C15H22BrNO. The van der Waals surface area contributed by atoms with Crippen LogP contribution >= 0.6 is 15.9 Å². The molecule has 0 saturated heterocycles. The summed E-state index contributed by atoms with van der Waals surface area (Å²) in [6, 6.07) is 7.30. The first-order valence-corrected chi connectivity index (χ1v) is 7.62. The Bertz CT molecular complexity index is 394. The SMILES string of the molecule is CCCCOC[C@H]1Cc2c(Br)cccc2[C@H](C)N1. The van der Waals surface area contributed by atoms with E-state index in [0.29, 0.717) is 12.1 Å². The van der Waals surface area contributed by atoms with E-state index >= 15 is 0 Å². The third kappa shape index (κ3) is 3.34. The molecule has 2 atom stereocenters. The zero-order valence-electron chi connectivity index (χ0n) is 11.2. The van der Waals surface area contributed by atoms with Gasteiger partial charge in [0.2, 0.25) is 0 Å². The Kier molecular flexibility index (Phi) is 5.22. The van der Waals surface area contributed by atoms with Gasteiger partial charge in [-0.15, -0.1) is 0 Å². The third-order valence-electron chi connectivity index (χ3n) is 3.52. The molecule has 0 bridgehead atoms. The minimum Gasteiger partial charge on any atom is -0.380 e. The van der Waals surface area contributed by atoms with Crippen LogP contribution < -0.4 is 5.32 Å². The van der Waals surface area contributed by atoms with E-state index in [9.17, 15) is 0 Å². The van der Waals surface area contributed by atoms with Crippen LogP contribution in [0.1, 0.15) is 43.9 Å². The van der Waals surface area contributed by atoms with Crippen LogP contribution in [0.15, 0.2) is 22.7 Å². The largest absolute Gasteiger partial charge is 0.380 e. The van der Waals surface area contributed by atoms with Crippen LogP contribution in [0.2, 0.25) is 0 Å². The molecule has 18 heavy (non-hydrogen) atoms. The fourth-order valence-electron chi connectivity index (χ4n) is 2.52. The molecule has 2 rings (SSSR count). The predicted octanol–water partition coefficient (Wildman–Crippen LogP) is 3.84. The summed E-state index contributed by atoms with van der Waals surface area (Å²) in [5.74, 6) is 0. The Hall–Kier alpha value is -0.380. The Morgan fingerprint density at radius 2 is 2.28 bits per heavy atom. The molecule has 0 aromatic heterocycles. The molecule has 100 valence electrons. The van der Waals surface area contributed by atoms with Crippen molar-refractivity contribution in [2.24, 2.45) is 0 Å². The molecule has 0 unspecified atom stereocenters. The van der Waals surface area contributed by atoms with Crippen molar-refractivity contribution in [3.8, 4) is 0 Å². The van der Waals surface area contributed by atoms with Gasteiger partial charge in [0.15, 0.2) is 0 Å². The van der Waals surface area contributed by atoms with E-state index in [2.05, 4.69) is 53.3 Å². The standard InChI is InChI=1S/C15H22BrNO/c1-3-4-8-18-10-12-9-14-13(11(2)17-12)6-5-7-15(14)16/h5-7,11-12,17H,3-4,8-10H2,1-2H3/t11-,12+/m0/s1. The maximum Gasteiger partial charge on any atom is 0.0623 e. The van der Waals surface area contributed by atoms with Crippen molar-refractivity contribution < 1.29 is 4.74 Å². The quantitative estimate of drug-likeness (QED) is 0.834. The molecule has 1 aliphatic rings. The normalized spacial score (nSPS) is 22.8. The van der Waals surface area contributed by atoms with E-state index in [-0.39, 0.29) is 0 Å². The smallest absolute Gasteiger partial charge is 0.0623 e. The van der Waals surface area contributed by atoms with Crippen LogP contribution in [0, 0.1) is 0 Å². The molecule has 0 radical (unpaired) electrons. The molecule has 1 N–H and O–H groups in total. The Balaban J connectivity index is 1.97. The van der Waals surface area contributed by atoms with Gasteiger partial charge < -0.3 is 10.1 Å². The molecule has 1 heterocycles. The first kappa shape index (κ1) is 14.0. The van der Waals surface area contributed by atoms with Gasteiger partial charge in [-0.25, -0.2) is 0 Å². The monoisotopic (exact) mass is 311 g/mol. The van der Waals surface area contributed by atoms with Crippen molar-refractivity contribution >= 4 is 15.9 Å². The van der Waals surface area contributed by atoms with E-state index < -0.39 is 0 Å². The average Bonchev–Trinajstić information content (AvgIpc) is 2.36. The molecule has 0 amide bonds. The molecule has 2 nitrogen and oxygen atoms in total. The minimum atomic E-state index is 0.408. The number of unbranched alkanes of at least 4 members (excludes halogenated alkanes) is 1. The van der Waals surface area contributed by atoms with Gasteiger partial charge in [0.1, 0.15) is 0 Å². The number of halogens is 1. The van der Waals surface area contributed by atoms with Crippen molar-refractivity contribution in [2.75, 3.05) is 13.2 Å². The second-order valence-electron chi connectivity index (χ2n) is 5.03. The summed E-state index contributed by atoms with van der Waals surface area (Å²) in [6.07, 6.45) is 3.40. The van der Waals surface area contributed by atoms with Gasteiger partial charge in [-0.1, -0.05) is 41.4 Å². The molecule has 1 aromatic carbocycles. The van der Waals surface area contributed by atoms with Crippen LogP contribution in [0.5, 0.6) is 0 Å². The summed E-state index contributed by atoms with van der Waals surface area (Å²) in [5.41, 5.74) is 2.85. The van der Waals surface area contributed by atoms with Gasteiger partial charge in [0, 0.05) is 23.2 Å². The highest BCUT2D eigenvalue weighted by Gasteiger charge is 2.24. The lowest BCUT2D eigenvalue weighted by molar-refractivity contribution is 0.103. The lowest BCUT2D eigenvalue weighted by atomic mass is 9.91. The minimum absolute atomic E-state index is 0.408. The number of nitrogens with one attached hydrogen (secondary N) is 1. The lowest BCUT2D eigenvalue weighted by Crippen LogP contribution is -2.41. The van der Waals surface area contributed by atoms with Gasteiger partial charge in [0.05, 0.1) is 6.61 Å². The second kappa shape index (κ2) is 6.69. The number of benzene rings is 1. The van der Waals surface area contributed by atoms with Gasteiger partial charge >= 0.3 is 0 Å². The second-order valence-corrected chi connectivity index (χ2v) is 5.88. The van der Waals surface area contributed by atoms with E-state index in [1.807, 2.05) is 0 Å². The topological polar surface area (TPSA) is 21.3 Å². The van der Waals surface area contributed by atoms with Crippen LogP contribution in [-0.4, -0.2) is 19.3 Å². The fourth-order valence-corrected chi connectivity index (χ4v) is 3.07. The maximum absolute atomic E-state index is 5.74. The fraction of sp³-hybridized carbons (Fsp3) is 0.600. The van der Waals surface area contributed by atoms with Crippen molar-refractivity contribution in [3.63, 3.8) is 0 Å². The number of ether oxygens (including phenoxy) is 1. The molecule has 0 spiro atoms. The lowest BCUT2D eigenvalue weighted by Gasteiger charge is -2.31. The molecule has 1 aliphatic heterocycles. The highest BCUT2D eigenvalue weighted by Crippen LogP contribution is 2.30. The predicted molar refractivity (Wildman–Crippen MR) is 78.9 cm³/mol. The van der Waals surface area contributed by atoms with Gasteiger partial charge in [0.25, 0.3) is 0 Å². The first-order valence-electron chi connectivity index (χ1n) is 6.83. The third-order valence-corrected chi connectivity index (χ3v) is 4.26. The Morgan fingerprint density at radius 1 is 1.44 bits per heavy atom. The van der Waals surface area contributed by atoms with Crippen LogP contribution in [0.3, 0.4) is 0 Å². The number of fused-ring (bicyclic) bond motifs is 1. The summed E-state index contributed by atoms with van der Waals surface area (Å²) in [4.78, 5) is 0. The number of hydrogen-bond acceptors (Lipinski definition) is 2. The summed E-state index contributed by atoms with van der Waals surface area (Å²) in [5, 5.41) is 3.63. The number of rotatable bonds is 5. The van der Waals surface area contributed by atoms with Crippen molar-refractivity contribution in [2.45, 2.75) is 45.2 Å². The molecule has 0 saturated carbocycles. The maximum atomic E-state index is 5.74. The molecule has 3 heteroatoms. The molecule has 1 aromatic rings. The van der Waals surface area contributed by atoms with Crippen molar-refractivity contribution in [1.29, 1.82) is 0 Å². The summed E-state index contributed by atoms with van der Waals surface area (Å²) < 4.78 is 6.97. The zero-order chi connectivity index (χ0) is 13.0. The Morgan fingerprint density at radius 3 is 3.06 bits per heavy atom. The molecular weight excluding hydrogens is 290 g/mol. The van der Waals surface area contributed by atoms with Gasteiger partial charge in [-0.05, 0) is 37.0 Å².